The maximum Gasteiger partial charge on any atom is 0.121 e. The fourth-order valence-corrected chi connectivity index (χ4v) is 1.74. The Morgan fingerprint density at radius 2 is 2.27 bits per heavy atom. The van der Waals surface area contributed by atoms with Crippen LogP contribution < -0.4 is 10.1 Å². The van der Waals surface area contributed by atoms with Crippen LogP contribution in [0.15, 0.2) is 24.3 Å². The van der Waals surface area contributed by atoms with Gasteiger partial charge in [-0.25, -0.2) is 0 Å². The van der Waals surface area contributed by atoms with Crippen LogP contribution in [0.2, 0.25) is 0 Å². The lowest BCUT2D eigenvalue weighted by molar-refractivity contribution is 0.340. The van der Waals surface area contributed by atoms with Gasteiger partial charge in [-0.15, -0.1) is 0 Å². The van der Waals surface area contributed by atoms with Gasteiger partial charge in [-0.2, -0.15) is 11.8 Å². The van der Waals surface area contributed by atoms with Gasteiger partial charge in [-0.1, -0.05) is 6.07 Å². The summed E-state index contributed by atoms with van der Waals surface area (Å²) in [5.41, 5.74) is 1.14. The molecule has 0 radical (unpaired) electrons. The van der Waals surface area contributed by atoms with Gasteiger partial charge in [0.15, 0.2) is 0 Å². The van der Waals surface area contributed by atoms with Gasteiger partial charge in [0.2, 0.25) is 0 Å². The molecule has 1 rings (SSSR count). The summed E-state index contributed by atoms with van der Waals surface area (Å²) in [6, 6.07) is 8.11. The summed E-state index contributed by atoms with van der Waals surface area (Å²) in [7, 11) is 0. The minimum absolute atomic E-state index is 0.718. The normalized spacial score (nSPS) is 10.0. The summed E-state index contributed by atoms with van der Waals surface area (Å²) in [6.07, 6.45) is 3.33. The molecule has 0 aliphatic rings. The third-order valence-electron chi connectivity index (χ3n) is 2.00. The van der Waals surface area contributed by atoms with E-state index < -0.39 is 0 Å². The molecule has 1 aromatic carbocycles. The molecule has 84 valence electrons. The van der Waals surface area contributed by atoms with E-state index in [1.165, 1.54) is 12.2 Å². The van der Waals surface area contributed by atoms with Crippen LogP contribution in [0.4, 0.5) is 5.69 Å². The third-order valence-corrected chi connectivity index (χ3v) is 2.70. The Labute approximate surface area is 96.4 Å². The lowest BCUT2D eigenvalue weighted by atomic mass is 10.3. The molecule has 0 heterocycles. The maximum atomic E-state index is 5.43. The summed E-state index contributed by atoms with van der Waals surface area (Å²) >= 11 is 1.88. The van der Waals surface area contributed by atoms with E-state index in [0.29, 0.717) is 0 Å². The highest BCUT2D eigenvalue weighted by atomic mass is 32.2. The standard InChI is InChI=1S/C12H19NOS/c1-3-14-12-7-4-6-11(10-12)13-8-5-9-15-2/h4,6-7,10,13H,3,5,8-9H2,1-2H3. The highest BCUT2D eigenvalue weighted by Gasteiger charge is 1.95. The average molecular weight is 225 g/mol. The number of ether oxygens (including phenoxy) is 1. The largest absolute Gasteiger partial charge is 0.494 e. The number of nitrogens with one attached hydrogen (secondary N) is 1. The summed E-state index contributed by atoms with van der Waals surface area (Å²) < 4.78 is 5.43. The monoisotopic (exact) mass is 225 g/mol. The Morgan fingerprint density at radius 3 is 3.00 bits per heavy atom. The molecule has 0 aliphatic carbocycles. The number of hydrogen-bond donors (Lipinski definition) is 1. The van der Waals surface area contributed by atoms with E-state index in [9.17, 15) is 0 Å². The number of anilines is 1. The number of thioether (sulfide) groups is 1. The molecular weight excluding hydrogens is 206 g/mol. The molecule has 2 nitrogen and oxygen atoms in total. The summed E-state index contributed by atoms with van der Waals surface area (Å²) in [5.74, 6) is 2.14. The van der Waals surface area contributed by atoms with Crippen molar-refractivity contribution in [2.45, 2.75) is 13.3 Å². The van der Waals surface area contributed by atoms with Crippen LogP contribution >= 0.6 is 11.8 Å². The molecule has 3 heteroatoms. The third kappa shape index (κ3) is 4.98. The first kappa shape index (κ1) is 12.2. The topological polar surface area (TPSA) is 21.3 Å². The molecular formula is C12H19NOS. The van der Waals surface area contributed by atoms with Gasteiger partial charge in [0, 0.05) is 18.3 Å². The van der Waals surface area contributed by atoms with E-state index in [4.69, 9.17) is 4.74 Å². The van der Waals surface area contributed by atoms with E-state index in [0.717, 1.165) is 24.6 Å². The minimum Gasteiger partial charge on any atom is -0.494 e. The molecule has 0 saturated carbocycles. The van der Waals surface area contributed by atoms with Crippen LogP contribution in [0.3, 0.4) is 0 Å². The van der Waals surface area contributed by atoms with E-state index in [1.54, 1.807) is 0 Å². The predicted molar refractivity (Wildman–Crippen MR) is 69.1 cm³/mol. The molecule has 0 aliphatic heterocycles. The van der Waals surface area contributed by atoms with Crippen molar-refractivity contribution in [3.05, 3.63) is 24.3 Å². The summed E-state index contributed by atoms with van der Waals surface area (Å²) in [6.45, 7) is 3.74. The Kier molecular flexibility index (Phi) is 6.09. The lowest BCUT2D eigenvalue weighted by Crippen LogP contribution is -2.02. The Balaban J connectivity index is 2.36. The van der Waals surface area contributed by atoms with Gasteiger partial charge < -0.3 is 10.1 Å². The molecule has 1 N–H and O–H groups in total. The number of benzene rings is 1. The smallest absolute Gasteiger partial charge is 0.121 e. The van der Waals surface area contributed by atoms with Crippen molar-refractivity contribution in [2.24, 2.45) is 0 Å². The molecule has 0 aromatic heterocycles. The van der Waals surface area contributed by atoms with Crippen molar-refractivity contribution in [2.75, 3.05) is 30.5 Å². The summed E-state index contributed by atoms with van der Waals surface area (Å²) in [4.78, 5) is 0. The van der Waals surface area contributed by atoms with Crippen molar-refractivity contribution in [1.29, 1.82) is 0 Å². The Bertz CT molecular complexity index is 278. The molecule has 0 fully saturated rings. The van der Waals surface area contributed by atoms with E-state index in [1.807, 2.05) is 36.9 Å². The van der Waals surface area contributed by atoms with E-state index >= 15 is 0 Å². The van der Waals surface area contributed by atoms with Crippen molar-refractivity contribution in [3.8, 4) is 5.75 Å². The van der Waals surface area contributed by atoms with Crippen molar-refractivity contribution in [1.82, 2.24) is 0 Å². The van der Waals surface area contributed by atoms with Gasteiger partial charge >= 0.3 is 0 Å². The van der Waals surface area contributed by atoms with Gasteiger partial charge in [0.1, 0.15) is 5.75 Å². The zero-order chi connectivity index (χ0) is 10.9. The van der Waals surface area contributed by atoms with Crippen molar-refractivity contribution < 1.29 is 4.74 Å². The van der Waals surface area contributed by atoms with Crippen LogP contribution in [-0.4, -0.2) is 25.2 Å². The highest BCUT2D eigenvalue weighted by molar-refractivity contribution is 7.98. The molecule has 15 heavy (non-hydrogen) atoms. The van der Waals surface area contributed by atoms with Gasteiger partial charge in [0.05, 0.1) is 6.61 Å². The van der Waals surface area contributed by atoms with Gasteiger partial charge in [-0.05, 0) is 37.5 Å². The molecule has 0 bridgehead atoms. The summed E-state index contributed by atoms with van der Waals surface area (Å²) in [5, 5.41) is 3.38. The minimum atomic E-state index is 0.718. The van der Waals surface area contributed by atoms with Crippen molar-refractivity contribution >= 4 is 17.4 Å². The fraction of sp³-hybridized carbons (Fsp3) is 0.500. The fourth-order valence-electron chi connectivity index (χ4n) is 1.31. The first-order valence-corrected chi connectivity index (χ1v) is 6.72. The van der Waals surface area contributed by atoms with Crippen LogP contribution in [0.25, 0.3) is 0 Å². The second kappa shape index (κ2) is 7.46. The Hall–Kier alpha value is -0.830. The maximum absolute atomic E-state index is 5.43. The first-order valence-electron chi connectivity index (χ1n) is 5.32. The van der Waals surface area contributed by atoms with Crippen LogP contribution in [0, 0.1) is 0 Å². The van der Waals surface area contributed by atoms with Gasteiger partial charge in [-0.3, -0.25) is 0 Å². The SMILES string of the molecule is CCOc1cccc(NCCCSC)c1. The number of hydrogen-bond acceptors (Lipinski definition) is 3. The van der Waals surface area contributed by atoms with E-state index in [-0.39, 0.29) is 0 Å². The lowest BCUT2D eigenvalue weighted by Gasteiger charge is -2.08. The van der Waals surface area contributed by atoms with Gasteiger partial charge in [0.25, 0.3) is 0 Å². The van der Waals surface area contributed by atoms with Crippen LogP contribution in [0.5, 0.6) is 5.75 Å². The van der Waals surface area contributed by atoms with Crippen LogP contribution in [-0.2, 0) is 0 Å². The zero-order valence-corrected chi connectivity index (χ0v) is 10.3. The zero-order valence-electron chi connectivity index (χ0n) is 9.45. The molecule has 1 aromatic rings. The van der Waals surface area contributed by atoms with Crippen molar-refractivity contribution in [3.63, 3.8) is 0 Å². The molecule has 0 saturated heterocycles. The second-order valence-electron chi connectivity index (χ2n) is 3.23. The Morgan fingerprint density at radius 1 is 1.40 bits per heavy atom. The highest BCUT2D eigenvalue weighted by Crippen LogP contribution is 2.17. The quantitative estimate of drug-likeness (QED) is 0.720. The van der Waals surface area contributed by atoms with Crippen LogP contribution in [0.1, 0.15) is 13.3 Å². The van der Waals surface area contributed by atoms with E-state index in [2.05, 4.69) is 17.6 Å². The molecule has 0 amide bonds. The molecule has 0 unspecified atom stereocenters. The first-order chi connectivity index (χ1) is 7.36. The molecule has 0 spiro atoms. The predicted octanol–water partition coefficient (Wildman–Crippen LogP) is 3.25. The number of rotatable bonds is 7. The molecule has 0 atom stereocenters. The average Bonchev–Trinajstić information content (AvgIpc) is 2.26. The second-order valence-corrected chi connectivity index (χ2v) is 4.22.